The van der Waals surface area contributed by atoms with E-state index in [1.54, 1.807) is 0 Å². The molecule has 2 fully saturated rings. The standard InChI is InChI=1S/C13H23NO3/c1-4-17-11-7-10(13(11,2)3)14-9-6-5-8(9)12(15)16/h8-11,14H,4-7H2,1-3H3,(H,15,16). The molecule has 0 saturated heterocycles. The van der Waals surface area contributed by atoms with E-state index < -0.39 is 5.97 Å². The van der Waals surface area contributed by atoms with E-state index >= 15 is 0 Å². The second-order valence-corrected chi connectivity index (χ2v) is 5.85. The highest BCUT2D eigenvalue weighted by Crippen LogP contribution is 2.44. The summed E-state index contributed by atoms with van der Waals surface area (Å²) in [5.74, 6) is -0.843. The molecule has 4 unspecified atom stereocenters. The van der Waals surface area contributed by atoms with Crippen molar-refractivity contribution in [3.8, 4) is 0 Å². The Kier molecular flexibility index (Phi) is 3.46. The van der Waals surface area contributed by atoms with E-state index in [-0.39, 0.29) is 17.4 Å². The number of hydrogen-bond acceptors (Lipinski definition) is 3. The summed E-state index contributed by atoms with van der Waals surface area (Å²) in [6, 6.07) is 0.561. The minimum absolute atomic E-state index is 0.120. The highest BCUT2D eigenvalue weighted by molar-refractivity contribution is 5.72. The molecule has 0 spiro atoms. The minimum Gasteiger partial charge on any atom is -0.481 e. The van der Waals surface area contributed by atoms with Crippen LogP contribution in [0.2, 0.25) is 0 Å². The first-order valence-electron chi connectivity index (χ1n) is 6.57. The molecule has 17 heavy (non-hydrogen) atoms. The average molecular weight is 241 g/mol. The van der Waals surface area contributed by atoms with E-state index in [1.807, 2.05) is 6.92 Å². The fraction of sp³-hybridized carbons (Fsp3) is 0.923. The van der Waals surface area contributed by atoms with Crippen LogP contribution >= 0.6 is 0 Å². The normalized spacial score (nSPS) is 39.2. The number of aliphatic carboxylic acids is 1. The molecule has 0 bridgehead atoms. The zero-order valence-electron chi connectivity index (χ0n) is 10.9. The van der Waals surface area contributed by atoms with Gasteiger partial charge in [-0.15, -0.1) is 0 Å². The molecular weight excluding hydrogens is 218 g/mol. The molecule has 0 heterocycles. The number of carboxylic acid groups (broad SMARTS) is 1. The highest BCUT2D eigenvalue weighted by Gasteiger charge is 2.51. The van der Waals surface area contributed by atoms with Gasteiger partial charge in [-0.05, 0) is 26.2 Å². The van der Waals surface area contributed by atoms with Gasteiger partial charge in [-0.25, -0.2) is 0 Å². The van der Waals surface area contributed by atoms with Crippen molar-refractivity contribution in [2.24, 2.45) is 11.3 Å². The van der Waals surface area contributed by atoms with Crippen LogP contribution in [-0.2, 0) is 9.53 Å². The second-order valence-electron chi connectivity index (χ2n) is 5.85. The Hall–Kier alpha value is -0.610. The molecule has 0 radical (unpaired) electrons. The number of rotatable bonds is 5. The third kappa shape index (κ3) is 2.20. The molecule has 2 saturated carbocycles. The molecule has 0 aromatic heterocycles. The monoisotopic (exact) mass is 241 g/mol. The summed E-state index contributed by atoms with van der Waals surface area (Å²) in [5.41, 5.74) is 0.120. The number of ether oxygens (including phenoxy) is 1. The van der Waals surface area contributed by atoms with Crippen molar-refractivity contribution in [3.63, 3.8) is 0 Å². The van der Waals surface area contributed by atoms with Crippen molar-refractivity contribution in [3.05, 3.63) is 0 Å². The van der Waals surface area contributed by atoms with Crippen LogP contribution in [0.5, 0.6) is 0 Å². The lowest BCUT2D eigenvalue weighted by Gasteiger charge is -2.54. The Morgan fingerprint density at radius 1 is 1.47 bits per heavy atom. The molecule has 4 nitrogen and oxygen atoms in total. The van der Waals surface area contributed by atoms with Crippen LogP contribution in [0.15, 0.2) is 0 Å². The van der Waals surface area contributed by atoms with Gasteiger partial charge in [0.05, 0.1) is 12.0 Å². The predicted octanol–water partition coefficient (Wildman–Crippen LogP) is 1.64. The first kappa shape index (κ1) is 12.8. The van der Waals surface area contributed by atoms with E-state index in [9.17, 15) is 4.79 Å². The molecule has 0 aliphatic heterocycles. The maximum Gasteiger partial charge on any atom is 0.308 e. The van der Waals surface area contributed by atoms with Gasteiger partial charge in [0.25, 0.3) is 0 Å². The SMILES string of the molecule is CCOC1CC(NC2CCC2C(=O)O)C1(C)C. The topological polar surface area (TPSA) is 58.6 Å². The van der Waals surface area contributed by atoms with E-state index in [2.05, 4.69) is 19.2 Å². The fourth-order valence-electron chi connectivity index (χ4n) is 2.91. The van der Waals surface area contributed by atoms with Gasteiger partial charge in [0.1, 0.15) is 0 Å². The highest BCUT2D eigenvalue weighted by atomic mass is 16.5. The zero-order valence-corrected chi connectivity index (χ0v) is 10.9. The Labute approximate surface area is 103 Å². The number of carboxylic acids is 1. The van der Waals surface area contributed by atoms with Gasteiger partial charge in [-0.3, -0.25) is 4.79 Å². The lowest BCUT2D eigenvalue weighted by atomic mass is 9.63. The maximum absolute atomic E-state index is 10.9. The molecule has 2 aliphatic rings. The van der Waals surface area contributed by atoms with E-state index in [1.165, 1.54) is 0 Å². The third-order valence-electron chi connectivity index (χ3n) is 4.55. The molecule has 98 valence electrons. The van der Waals surface area contributed by atoms with Crippen molar-refractivity contribution in [1.82, 2.24) is 5.32 Å². The molecule has 2 N–H and O–H groups in total. The zero-order chi connectivity index (χ0) is 12.6. The summed E-state index contributed by atoms with van der Waals surface area (Å²) >= 11 is 0. The average Bonchev–Trinajstić information content (AvgIpc) is 2.19. The minimum atomic E-state index is -0.660. The quantitative estimate of drug-likeness (QED) is 0.768. The van der Waals surface area contributed by atoms with Crippen molar-refractivity contribution in [2.75, 3.05) is 6.61 Å². The van der Waals surface area contributed by atoms with E-state index in [4.69, 9.17) is 9.84 Å². The fourth-order valence-corrected chi connectivity index (χ4v) is 2.91. The maximum atomic E-state index is 10.9. The summed E-state index contributed by atoms with van der Waals surface area (Å²) in [7, 11) is 0. The Morgan fingerprint density at radius 2 is 2.18 bits per heavy atom. The van der Waals surface area contributed by atoms with Gasteiger partial charge in [-0.1, -0.05) is 13.8 Å². The Bertz CT molecular complexity index is 303. The van der Waals surface area contributed by atoms with Crippen molar-refractivity contribution in [2.45, 2.75) is 58.2 Å². The van der Waals surface area contributed by atoms with E-state index in [0.717, 1.165) is 25.9 Å². The Morgan fingerprint density at radius 3 is 2.59 bits per heavy atom. The van der Waals surface area contributed by atoms with Crippen molar-refractivity contribution < 1.29 is 14.6 Å². The predicted molar refractivity (Wildman–Crippen MR) is 64.9 cm³/mol. The van der Waals surface area contributed by atoms with Crippen LogP contribution in [0.4, 0.5) is 0 Å². The summed E-state index contributed by atoms with van der Waals surface area (Å²) < 4.78 is 5.67. The first-order chi connectivity index (χ1) is 7.96. The van der Waals surface area contributed by atoms with Crippen molar-refractivity contribution in [1.29, 1.82) is 0 Å². The van der Waals surface area contributed by atoms with Crippen LogP contribution < -0.4 is 5.32 Å². The van der Waals surface area contributed by atoms with Crippen LogP contribution in [0, 0.1) is 11.3 Å². The van der Waals surface area contributed by atoms with Gasteiger partial charge >= 0.3 is 5.97 Å². The van der Waals surface area contributed by atoms with Crippen LogP contribution in [0.25, 0.3) is 0 Å². The second kappa shape index (κ2) is 4.58. The van der Waals surface area contributed by atoms with Crippen LogP contribution in [-0.4, -0.2) is 35.9 Å². The molecule has 0 amide bonds. The van der Waals surface area contributed by atoms with Gasteiger partial charge < -0.3 is 15.2 Å². The summed E-state index contributed by atoms with van der Waals surface area (Å²) in [4.78, 5) is 10.9. The molecule has 2 aliphatic carbocycles. The van der Waals surface area contributed by atoms with Crippen LogP contribution in [0.1, 0.15) is 40.0 Å². The summed E-state index contributed by atoms with van der Waals surface area (Å²) in [6.07, 6.45) is 3.12. The molecule has 0 aromatic rings. The van der Waals surface area contributed by atoms with Crippen molar-refractivity contribution >= 4 is 5.97 Å². The molecule has 4 heteroatoms. The lowest BCUT2D eigenvalue weighted by Crippen LogP contribution is -2.65. The molecule has 2 rings (SSSR count). The number of hydrogen-bond donors (Lipinski definition) is 2. The third-order valence-corrected chi connectivity index (χ3v) is 4.55. The molecule has 0 aromatic carbocycles. The number of carbonyl (C=O) groups is 1. The first-order valence-corrected chi connectivity index (χ1v) is 6.57. The van der Waals surface area contributed by atoms with Crippen LogP contribution in [0.3, 0.4) is 0 Å². The van der Waals surface area contributed by atoms with E-state index in [0.29, 0.717) is 12.1 Å². The summed E-state index contributed by atoms with van der Waals surface area (Å²) in [6.45, 7) is 7.16. The summed E-state index contributed by atoms with van der Waals surface area (Å²) in [5, 5.41) is 12.5. The smallest absolute Gasteiger partial charge is 0.308 e. The number of nitrogens with one attached hydrogen (secondary N) is 1. The largest absolute Gasteiger partial charge is 0.481 e. The van der Waals surface area contributed by atoms with Gasteiger partial charge in [-0.2, -0.15) is 0 Å². The van der Waals surface area contributed by atoms with Gasteiger partial charge in [0.15, 0.2) is 0 Å². The molecular formula is C13H23NO3. The Balaban J connectivity index is 1.84. The molecule has 4 atom stereocenters. The lowest BCUT2D eigenvalue weighted by molar-refractivity contribution is -0.149. The van der Waals surface area contributed by atoms with Gasteiger partial charge in [0, 0.05) is 24.1 Å². The van der Waals surface area contributed by atoms with Gasteiger partial charge in [0.2, 0.25) is 0 Å².